The molecule has 14 nitrogen and oxygen atoms in total. The third kappa shape index (κ3) is 9.31. The van der Waals surface area contributed by atoms with E-state index >= 15 is 0 Å². The first-order valence-corrected chi connectivity index (χ1v) is 11.2. The van der Waals surface area contributed by atoms with E-state index in [2.05, 4.69) is 5.32 Å². The van der Waals surface area contributed by atoms with Crippen molar-refractivity contribution in [2.45, 2.75) is 76.9 Å². The van der Waals surface area contributed by atoms with Crippen molar-refractivity contribution in [2.75, 3.05) is 6.61 Å². The van der Waals surface area contributed by atoms with Gasteiger partial charge in [0, 0.05) is 41.0 Å². The van der Waals surface area contributed by atoms with Crippen LogP contribution in [0.25, 0.3) is 0 Å². The number of carbonyl (C=O) groups excluding carboxylic acids is 5. The number of rotatable bonds is 9. The maximum absolute atomic E-state index is 11.8. The smallest absolute Gasteiger partial charge is 0.303 e. The van der Waals surface area contributed by atoms with Crippen LogP contribution in [-0.2, 0) is 57.8 Å². The summed E-state index contributed by atoms with van der Waals surface area (Å²) >= 11 is 0. The standard InChI is InChI=1S/C18H27NO13S/c1-8(20)19-16-13(29-10(3)22)6-15(33(25,26)27)32-18(16)17(31-12(5)24)14(30-11(4)23)7-28-9(2)21/h13-18H,6-7H2,1-5H3,(H,19,20)(H,25,26,27)/t13-,14+,15-,16+,17-,18+/m0/s1. The van der Waals surface area contributed by atoms with Crippen molar-refractivity contribution in [2.24, 2.45) is 0 Å². The van der Waals surface area contributed by atoms with Crippen molar-refractivity contribution < 1.29 is 60.6 Å². The summed E-state index contributed by atoms with van der Waals surface area (Å²) in [5, 5.41) is 2.43. The van der Waals surface area contributed by atoms with Gasteiger partial charge in [-0.2, -0.15) is 8.42 Å². The van der Waals surface area contributed by atoms with Gasteiger partial charge in [-0.25, -0.2) is 0 Å². The third-order valence-electron chi connectivity index (χ3n) is 4.27. The van der Waals surface area contributed by atoms with Crippen molar-refractivity contribution in [1.29, 1.82) is 0 Å². The average molecular weight is 497 g/mol. The Morgan fingerprint density at radius 2 is 1.55 bits per heavy atom. The molecule has 188 valence electrons. The first-order chi connectivity index (χ1) is 15.1. The van der Waals surface area contributed by atoms with Crippen LogP contribution in [0, 0.1) is 0 Å². The molecule has 1 amide bonds. The van der Waals surface area contributed by atoms with Gasteiger partial charge in [-0.05, 0) is 0 Å². The largest absolute Gasteiger partial charge is 0.462 e. The first-order valence-electron chi connectivity index (χ1n) is 9.65. The van der Waals surface area contributed by atoms with Crippen LogP contribution in [0.3, 0.4) is 0 Å². The lowest BCUT2D eigenvalue weighted by Gasteiger charge is -2.44. The van der Waals surface area contributed by atoms with Crippen molar-refractivity contribution >= 4 is 39.9 Å². The van der Waals surface area contributed by atoms with Gasteiger partial charge in [0.15, 0.2) is 17.6 Å². The first kappa shape index (κ1) is 28.3. The minimum atomic E-state index is -4.88. The van der Waals surface area contributed by atoms with E-state index in [4.69, 9.17) is 23.7 Å². The van der Waals surface area contributed by atoms with Crippen molar-refractivity contribution in [3.8, 4) is 0 Å². The van der Waals surface area contributed by atoms with E-state index in [1.165, 1.54) is 0 Å². The summed E-state index contributed by atoms with van der Waals surface area (Å²) < 4.78 is 59.0. The van der Waals surface area contributed by atoms with Crippen LogP contribution in [0.2, 0.25) is 0 Å². The van der Waals surface area contributed by atoms with Gasteiger partial charge in [-0.15, -0.1) is 0 Å². The summed E-state index contributed by atoms with van der Waals surface area (Å²) in [5.41, 5.74) is -1.96. The highest BCUT2D eigenvalue weighted by Gasteiger charge is 2.52. The van der Waals surface area contributed by atoms with Gasteiger partial charge < -0.3 is 29.0 Å². The number of nitrogens with one attached hydrogen (secondary N) is 1. The van der Waals surface area contributed by atoms with Gasteiger partial charge in [0.25, 0.3) is 10.1 Å². The molecule has 0 aromatic heterocycles. The zero-order chi connectivity index (χ0) is 25.5. The van der Waals surface area contributed by atoms with Crippen molar-refractivity contribution in [3.63, 3.8) is 0 Å². The molecule has 1 heterocycles. The van der Waals surface area contributed by atoms with Gasteiger partial charge in [-0.3, -0.25) is 28.5 Å². The van der Waals surface area contributed by atoms with Crippen LogP contribution < -0.4 is 5.32 Å². The predicted octanol–water partition coefficient (Wildman–Crippen LogP) is -1.15. The van der Waals surface area contributed by atoms with Gasteiger partial charge in [-0.1, -0.05) is 0 Å². The molecule has 0 aromatic carbocycles. The minimum absolute atomic E-state index is 0.575. The molecule has 0 spiro atoms. The Morgan fingerprint density at radius 1 is 0.970 bits per heavy atom. The maximum atomic E-state index is 11.8. The Hall–Kier alpha value is -2.78. The highest BCUT2D eigenvalue weighted by Crippen LogP contribution is 2.31. The van der Waals surface area contributed by atoms with Crippen LogP contribution in [0.15, 0.2) is 0 Å². The molecule has 0 bridgehead atoms. The van der Waals surface area contributed by atoms with Gasteiger partial charge in [0.1, 0.15) is 18.8 Å². The lowest BCUT2D eigenvalue weighted by molar-refractivity contribution is -0.205. The van der Waals surface area contributed by atoms with Crippen LogP contribution in [0.4, 0.5) is 0 Å². The summed E-state index contributed by atoms with van der Waals surface area (Å²) in [7, 11) is -4.88. The molecule has 1 aliphatic heterocycles. The Morgan fingerprint density at radius 3 is 1.97 bits per heavy atom. The third-order valence-corrected chi connectivity index (χ3v) is 5.24. The molecule has 1 saturated heterocycles. The topological polar surface area (TPSA) is 198 Å². The normalized spacial score (nSPS) is 24.5. The lowest BCUT2D eigenvalue weighted by atomic mass is 9.92. The lowest BCUT2D eigenvalue weighted by Crippen LogP contribution is -2.65. The molecule has 15 heteroatoms. The van der Waals surface area contributed by atoms with E-state index < -0.39 is 88.8 Å². The molecule has 0 radical (unpaired) electrons. The van der Waals surface area contributed by atoms with E-state index in [0.29, 0.717) is 0 Å². The average Bonchev–Trinajstić information content (AvgIpc) is 2.62. The van der Waals surface area contributed by atoms with E-state index in [9.17, 15) is 36.9 Å². The zero-order valence-electron chi connectivity index (χ0n) is 18.6. The number of carbonyl (C=O) groups is 5. The van der Waals surface area contributed by atoms with E-state index in [1.807, 2.05) is 0 Å². The molecular formula is C18H27NO13S. The predicted molar refractivity (Wildman–Crippen MR) is 106 cm³/mol. The number of hydrogen-bond donors (Lipinski definition) is 2. The number of esters is 4. The fourth-order valence-corrected chi connectivity index (χ4v) is 3.94. The van der Waals surface area contributed by atoms with Crippen LogP contribution in [-0.4, -0.2) is 85.3 Å². The second-order valence-corrected chi connectivity index (χ2v) is 8.74. The SMILES string of the molecule is CC(=O)N[C@H]1[C@H]([C@@H](OC(C)=O)[C@@H](COC(C)=O)OC(C)=O)O[C@@H](S(=O)(=O)O)C[C@@H]1OC(C)=O. The molecule has 1 fully saturated rings. The number of amides is 1. The van der Waals surface area contributed by atoms with Gasteiger partial charge >= 0.3 is 23.9 Å². The van der Waals surface area contributed by atoms with Crippen LogP contribution in [0.5, 0.6) is 0 Å². The second-order valence-electron chi connectivity index (χ2n) is 7.18. The van der Waals surface area contributed by atoms with Crippen LogP contribution in [0.1, 0.15) is 41.0 Å². The monoisotopic (exact) mass is 497 g/mol. The van der Waals surface area contributed by atoms with Crippen molar-refractivity contribution in [1.82, 2.24) is 5.32 Å². The van der Waals surface area contributed by atoms with Gasteiger partial charge in [0.2, 0.25) is 5.91 Å². The van der Waals surface area contributed by atoms with E-state index in [1.54, 1.807) is 0 Å². The molecule has 0 saturated carbocycles. The summed E-state index contributed by atoms with van der Waals surface area (Å²) in [4.78, 5) is 58.2. The number of hydrogen-bond acceptors (Lipinski definition) is 12. The second kappa shape index (κ2) is 11.9. The van der Waals surface area contributed by atoms with E-state index in [0.717, 1.165) is 34.6 Å². The summed E-state index contributed by atoms with van der Waals surface area (Å²) in [6.45, 7) is 4.58. The highest BCUT2D eigenvalue weighted by molar-refractivity contribution is 7.86. The summed E-state index contributed by atoms with van der Waals surface area (Å²) in [6.07, 6.45) is -6.75. The van der Waals surface area contributed by atoms with Gasteiger partial charge in [0.05, 0.1) is 6.04 Å². The van der Waals surface area contributed by atoms with Crippen LogP contribution >= 0.6 is 0 Å². The number of ether oxygens (including phenoxy) is 5. The fraction of sp³-hybridized carbons (Fsp3) is 0.722. The minimum Gasteiger partial charge on any atom is -0.462 e. The Balaban J connectivity index is 3.58. The summed E-state index contributed by atoms with van der Waals surface area (Å²) in [6, 6.07) is -1.32. The quantitative estimate of drug-likeness (QED) is 0.220. The Bertz CT molecular complexity index is 871. The highest BCUT2D eigenvalue weighted by atomic mass is 32.2. The molecule has 0 unspecified atom stereocenters. The van der Waals surface area contributed by atoms with E-state index in [-0.39, 0.29) is 0 Å². The van der Waals surface area contributed by atoms with Crippen molar-refractivity contribution in [3.05, 3.63) is 0 Å². The molecule has 6 atom stereocenters. The molecule has 0 aromatic rings. The molecule has 1 aliphatic rings. The molecule has 33 heavy (non-hydrogen) atoms. The molecule has 2 N–H and O–H groups in total. The zero-order valence-corrected chi connectivity index (χ0v) is 19.4. The summed E-state index contributed by atoms with van der Waals surface area (Å²) in [5.74, 6) is -4.07. The maximum Gasteiger partial charge on any atom is 0.303 e. The fourth-order valence-electron chi connectivity index (χ4n) is 3.24. The Kier molecular flexibility index (Phi) is 10.2. The molecule has 0 aliphatic carbocycles. The molecule has 1 rings (SSSR count). The molecular weight excluding hydrogens is 470 g/mol. The Labute approximate surface area is 189 Å².